The molecule has 0 aromatic heterocycles. The molecule has 126 valence electrons. The van der Waals surface area contributed by atoms with Crippen molar-refractivity contribution in [3.05, 3.63) is 64.7 Å². The molecular weight excluding hydrogens is 298 g/mol. The first-order valence-corrected chi connectivity index (χ1v) is 8.68. The summed E-state index contributed by atoms with van der Waals surface area (Å²) < 4.78 is 6.09. The summed E-state index contributed by atoms with van der Waals surface area (Å²) in [5.41, 5.74) is 4.89. The highest BCUT2D eigenvalue weighted by Gasteiger charge is 2.27. The zero-order valence-corrected chi connectivity index (χ0v) is 14.7. The van der Waals surface area contributed by atoms with E-state index in [4.69, 9.17) is 4.74 Å². The van der Waals surface area contributed by atoms with E-state index in [2.05, 4.69) is 31.2 Å². The fourth-order valence-corrected chi connectivity index (χ4v) is 3.20. The molecule has 1 heterocycles. The van der Waals surface area contributed by atoms with E-state index in [0.717, 1.165) is 24.3 Å². The summed E-state index contributed by atoms with van der Waals surface area (Å²) in [5.74, 6) is 0.903. The summed E-state index contributed by atoms with van der Waals surface area (Å²) in [6.45, 7) is 7.56. The lowest BCUT2D eigenvalue weighted by Gasteiger charge is -2.32. The average molecular weight is 323 g/mol. The summed E-state index contributed by atoms with van der Waals surface area (Å²) in [4.78, 5) is 14.9. The van der Waals surface area contributed by atoms with Crippen LogP contribution in [-0.4, -0.2) is 23.5 Å². The molecule has 2 aromatic rings. The summed E-state index contributed by atoms with van der Waals surface area (Å²) in [6, 6.07) is 14.4. The van der Waals surface area contributed by atoms with Gasteiger partial charge in [-0.05, 0) is 55.0 Å². The highest BCUT2D eigenvalue weighted by Crippen LogP contribution is 2.24. The third-order valence-corrected chi connectivity index (χ3v) is 4.91. The molecule has 0 fully saturated rings. The van der Waals surface area contributed by atoms with Gasteiger partial charge in [-0.15, -0.1) is 0 Å². The summed E-state index contributed by atoms with van der Waals surface area (Å²) in [7, 11) is 0. The number of carbonyl (C=O) groups is 1. The Morgan fingerprint density at radius 3 is 2.62 bits per heavy atom. The number of amides is 1. The maximum Gasteiger partial charge on any atom is 0.263 e. The van der Waals surface area contributed by atoms with Crippen LogP contribution in [0.3, 0.4) is 0 Å². The second-order valence-corrected chi connectivity index (χ2v) is 6.49. The molecule has 0 aliphatic carbocycles. The number of hydrogen-bond donors (Lipinski definition) is 0. The lowest BCUT2D eigenvalue weighted by atomic mass is 9.99. The van der Waals surface area contributed by atoms with Crippen molar-refractivity contribution in [2.45, 2.75) is 46.3 Å². The molecule has 0 N–H and O–H groups in total. The van der Waals surface area contributed by atoms with Crippen LogP contribution in [0.15, 0.2) is 42.5 Å². The van der Waals surface area contributed by atoms with E-state index in [-0.39, 0.29) is 5.91 Å². The van der Waals surface area contributed by atoms with Crippen molar-refractivity contribution in [2.24, 2.45) is 0 Å². The molecule has 0 saturated heterocycles. The van der Waals surface area contributed by atoms with E-state index >= 15 is 0 Å². The molecule has 24 heavy (non-hydrogen) atoms. The van der Waals surface area contributed by atoms with Gasteiger partial charge in [-0.2, -0.15) is 0 Å². The molecule has 0 radical (unpaired) electrons. The highest BCUT2D eigenvalue weighted by atomic mass is 16.5. The first-order chi connectivity index (χ1) is 11.6. The van der Waals surface area contributed by atoms with Gasteiger partial charge in [0.05, 0.1) is 0 Å². The van der Waals surface area contributed by atoms with Crippen LogP contribution in [-0.2, 0) is 17.8 Å². The molecule has 1 aliphatic heterocycles. The number of ether oxygens (including phenoxy) is 1. The van der Waals surface area contributed by atoms with Gasteiger partial charge in [-0.25, -0.2) is 0 Å². The van der Waals surface area contributed by atoms with Crippen molar-refractivity contribution in [3.8, 4) is 5.75 Å². The normalized spacial score (nSPS) is 14.9. The van der Waals surface area contributed by atoms with E-state index in [1.807, 2.05) is 36.9 Å². The number of nitrogens with zero attached hydrogens (tertiary/aromatic N) is 1. The van der Waals surface area contributed by atoms with E-state index < -0.39 is 6.10 Å². The Morgan fingerprint density at radius 2 is 1.88 bits per heavy atom. The molecule has 1 amide bonds. The van der Waals surface area contributed by atoms with Crippen molar-refractivity contribution in [1.29, 1.82) is 0 Å². The van der Waals surface area contributed by atoms with Crippen molar-refractivity contribution in [2.75, 3.05) is 6.54 Å². The third-order valence-electron chi connectivity index (χ3n) is 4.91. The van der Waals surface area contributed by atoms with Crippen molar-refractivity contribution < 1.29 is 9.53 Å². The van der Waals surface area contributed by atoms with E-state index in [0.29, 0.717) is 13.0 Å². The minimum absolute atomic E-state index is 0.0907. The van der Waals surface area contributed by atoms with Crippen molar-refractivity contribution >= 4 is 5.91 Å². The summed E-state index contributed by atoms with van der Waals surface area (Å²) in [6.07, 6.45) is 1.17. The van der Waals surface area contributed by atoms with Gasteiger partial charge in [0.2, 0.25) is 0 Å². The largest absolute Gasteiger partial charge is 0.480 e. The van der Waals surface area contributed by atoms with Crippen LogP contribution in [0.2, 0.25) is 0 Å². The lowest BCUT2D eigenvalue weighted by Crippen LogP contribution is -2.44. The fraction of sp³-hybridized carbons (Fsp3) is 0.381. The molecule has 1 aliphatic rings. The Labute approximate surface area is 144 Å². The zero-order chi connectivity index (χ0) is 17.1. The van der Waals surface area contributed by atoms with Gasteiger partial charge in [0.1, 0.15) is 5.75 Å². The number of fused-ring (bicyclic) bond motifs is 1. The first-order valence-electron chi connectivity index (χ1n) is 8.68. The monoisotopic (exact) mass is 323 g/mol. The minimum Gasteiger partial charge on any atom is -0.480 e. The SMILES string of the molecule is CC[C@@H](Oc1cccc(C)c1C)C(=O)N1CCc2ccccc2C1. The number of rotatable bonds is 4. The molecule has 0 spiro atoms. The lowest BCUT2D eigenvalue weighted by molar-refractivity contribution is -0.139. The molecule has 0 unspecified atom stereocenters. The number of aryl methyl sites for hydroxylation is 1. The van der Waals surface area contributed by atoms with Gasteiger partial charge in [-0.3, -0.25) is 4.79 Å². The van der Waals surface area contributed by atoms with Crippen LogP contribution in [0.25, 0.3) is 0 Å². The smallest absolute Gasteiger partial charge is 0.263 e. The Kier molecular flexibility index (Phi) is 4.89. The maximum absolute atomic E-state index is 12.9. The van der Waals surface area contributed by atoms with Crippen molar-refractivity contribution in [1.82, 2.24) is 4.90 Å². The molecule has 2 aromatic carbocycles. The molecule has 3 rings (SSSR count). The van der Waals surface area contributed by atoms with Gasteiger partial charge < -0.3 is 9.64 Å². The Balaban J connectivity index is 1.74. The predicted molar refractivity (Wildman–Crippen MR) is 96.2 cm³/mol. The van der Waals surface area contributed by atoms with Crippen LogP contribution in [0.1, 0.15) is 35.6 Å². The second kappa shape index (κ2) is 7.08. The topological polar surface area (TPSA) is 29.5 Å². The first kappa shape index (κ1) is 16.6. The number of carbonyl (C=O) groups excluding carboxylic acids is 1. The van der Waals surface area contributed by atoms with Gasteiger partial charge in [-0.1, -0.05) is 43.3 Å². The molecule has 1 atom stereocenters. The van der Waals surface area contributed by atoms with Crippen LogP contribution in [0.4, 0.5) is 0 Å². The molecule has 0 bridgehead atoms. The predicted octanol–water partition coefficient (Wildman–Crippen LogP) is 4.05. The van der Waals surface area contributed by atoms with E-state index in [1.54, 1.807) is 0 Å². The quantitative estimate of drug-likeness (QED) is 0.849. The minimum atomic E-state index is -0.421. The van der Waals surface area contributed by atoms with E-state index in [9.17, 15) is 4.79 Å². The van der Waals surface area contributed by atoms with Crippen LogP contribution >= 0.6 is 0 Å². The van der Waals surface area contributed by atoms with Crippen molar-refractivity contribution in [3.63, 3.8) is 0 Å². The Hall–Kier alpha value is -2.29. The molecular formula is C21H25NO2. The highest BCUT2D eigenvalue weighted by molar-refractivity contribution is 5.81. The molecule has 3 heteroatoms. The van der Waals surface area contributed by atoms with E-state index in [1.165, 1.54) is 16.7 Å². The number of benzene rings is 2. The maximum atomic E-state index is 12.9. The third kappa shape index (κ3) is 3.30. The standard InChI is InChI=1S/C21H25NO2/c1-4-19(24-20-11-7-8-15(2)16(20)3)21(23)22-13-12-17-9-5-6-10-18(17)14-22/h5-11,19H,4,12-14H2,1-3H3/t19-/m1/s1. The summed E-state index contributed by atoms with van der Waals surface area (Å²) in [5, 5.41) is 0. The van der Waals surface area contributed by atoms with Crippen LogP contribution in [0.5, 0.6) is 5.75 Å². The van der Waals surface area contributed by atoms with Crippen LogP contribution in [0, 0.1) is 13.8 Å². The molecule has 3 nitrogen and oxygen atoms in total. The Morgan fingerprint density at radius 1 is 1.12 bits per heavy atom. The molecule has 0 saturated carbocycles. The van der Waals surface area contributed by atoms with Gasteiger partial charge in [0.15, 0.2) is 6.10 Å². The second-order valence-electron chi connectivity index (χ2n) is 6.49. The Bertz CT molecular complexity index is 738. The van der Waals surface area contributed by atoms with Gasteiger partial charge in [0.25, 0.3) is 5.91 Å². The summed E-state index contributed by atoms with van der Waals surface area (Å²) >= 11 is 0. The zero-order valence-electron chi connectivity index (χ0n) is 14.7. The fourth-order valence-electron chi connectivity index (χ4n) is 3.20. The number of hydrogen-bond acceptors (Lipinski definition) is 2. The average Bonchev–Trinajstić information content (AvgIpc) is 2.62. The van der Waals surface area contributed by atoms with Gasteiger partial charge >= 0.3 is 0 Å². The van der Waals surface area contributed by atoms with Gasteiger partial charge in [0, 0.05) is 13.1 Å². The van der Waals surface area contributed by atoms with Crippen LogP contribution < -0.4 is 4.74 Å².